The lowest BCUT2D eigenvalue weighted by Gasteiger charge is -2.08. The Kier molecular flexibility index (Phi) is 5.90. The summed E-state index contributed by atoms with van der Waals surface area (Å²) in [5.41, 5.74) is 2.48. The van der Waals surface area contributed by atoms with Gasteiger partial charge in [0.15, 0.2) is 0 Å². The molecule has 0 aliphatic rings. The first-order valence-corrected chi connectivity index (χ1v) is 7.82. The molecule has 0 radical (unpaired) electrons. The lowest BCUT2D eigenvalue weighted by Crippen LogP contribution is -2.00. The second-order valence-corrected chi connectivity index (χ2v) is 6.04. The van der Waals surface area contributed by atoms with Gasteiger partial charge in [0.05, 0.1) is 15.9 Å². The average Bonchev–Trinajstić information content (AvgIpc) is 2.55. The van der Waals surface area contributed by atoms with Crippen LogP contribution in [0.3, 0.4) is 0 Å². The monoisotopic (exact) mass is 304 g/mol. The number of aromatic nitrogens is 2. The largest absolute Gasteiger partial charge is 0.270 e. The van der Waals surface area contributed by atoms with Crippen molar-refractivity contribution in [1.82, 2.24) is 9.78 Å². The van der Waals surface area contributed by atoms with Crippen LogP contribution in [0.1, 0.15) is 38.6 Å². The van der Waals surface area contributed by atoms with E-state index in [0.29, 0.717) is 0 Å². The number of hydrogen-bond acceptors (Lipinski definition) is 2. The van der Waals surface area contributed by atoms with E-state index in [9.17, 15) is 0 Å². The summed E-state index contributed by atoms with van der Waals surface area (Å²) in [7, 11) is 2.03. The van der Waals surface area contributed by atoms with Gasteiger partial charge in [-0.05, 0) is 34.0 Å². The highest BCUT2D eigenvalue weighted by Gasteiger charge is 2.12. The zero-order valence-electron chi connectivity index (χ0n) is 10.6. The quantitative estimate of drug-likeness (QED) is 0.790. The van der Waals surface area contributed by atoms with E-state index in [4.69, 9.17) is 0 Å². The van der Waals surface area contributed by atoms with E-state index < -0.39 is 0 Å². The minimum absolute atomic E-state index is 0.808. The van der Waals surface area contributed by atoms with E-state index in [-0.39, 0.29) is 0 Å². The third-order valence-electron chi connectivity index (χ3n) is 2.84. The van der Waals surface area contributed by atoms with Gasteiger partial charge in [-0.3, -0.25) is 4.68 Å². The molecule has 0 saturated carbocycles. The fourth-order valence-corrected chi connectivity index (χ4v) is 3.67. The van der Waals surface area contributed by atoms with Crippen LogP contribution in [-0.4, -0.2) is 15.5 Å². The van der Waals surface area contributed by atoms with Crippen LogP contribution in [0.4, 0.5) is 0 Å². The van der Waals surface area contributed by atoms with Crippen LogP contribution >= 0.6 is 27.7 Å². The maximum atomic E-state index is 4.50. The summed E-state index contributed by atoms with van der Waals surface area (Å²) in [6.07, 6.45) is 2.25. The molecule has 0 aromatic carbocycles. The van der Waals surface area contributed by atoms with Gasteiger partial charge in [0.25, 0.3) is 0 Å². The van der Waals surface area contributed by atoms with E-state index in [0.717, 1.165) is 18.1 Å². The number of halogens is 1. The highest BCUT2D eigenvalue weighted by atomic mass is 79.9. The van der Waals surface area contributed by atoms with Gasteiger partial charge < -0.3 is 0 Å². The van der Waals surface area contributed by atoms with Crippen LogP contribution in [-0.2, 0) is 19.2 Å². The lowest BCUT2D eigenvalue weighted by atomic mass is 10.2. The number of rotatable bonds is 6. The molecule has 1 heterocycles. The number of hydrogen-bond donors (Lipinski definition) is 0. The van der Waals surface area contributed by atoms with Crippen LogP contribution in [0, 0.1) is 5.92 Å². The van der Waals surface area contributed by atoms with Crippen molar-refractivity contribution in [1.29, 1.82) is 0 Å². The van der Waals surface area contributed by atoms with E-state index in [2.05, 4.69) is 41.8 Å². The van der Waals surface area contributed by atoms with Crippen molar-refractivity contribution < 1.29 is 0 Å². The van der Waals surface area contributed by atoms with E-state index in [1.165, 1.54) is 28.0 Å². The predicted molar refractivity (Wildman–Crippen MR) is 75.9 cm³/mol. The van der Waals surface area contributed by atoms with Crippen LogP contribution in [0.5, 0.6) is 0 Å². The molecule has 0 fully saturated rings. The van der Waals surface area contributed by atoms with E-state index >= 15 is 0 Å². The van der Waals surface area contributed by atoms with Crippen molar-refractivity contribution in [2.75, 3.05) is 5.75 Å². The van der Waals surface area contributed by atoms with Gasteiger partial charge >= 0.3 is 0 Å². The Hall–Kier alpha value is 0.0400. The smallest absolute Gasteiger partial charge is 0.0767 e. The van der Waals surface area contributed by atoms with Crippen molar-refractivity contribution in [2.45, 2.75) is 39.4 Å². The number of aryl methyl sites for hydroxylation is 2. The van der Waals surface area contributed by atoms with Crippen LogP contribution in [0.25, 0.3) is 0 Å². The summed E-state index contributed by atoms with van der Waals surface area (Å²) in [5, 5.41) is 4.50. The van der Waals surface area contributed by atoms with Crippen molar-refractivity contribution in [2.24, 2.45) is 13.0 Å². The van der Waals surface area contributed by atoms with Crippen molar-refractivity contribution in [3.05, 3.63) is 15.9 Å². The highest BCUT2D eigenvalue weighted by Crippen LogP contribution is 2.26. The predicted octanol–water partition coefficient (Wildman–Crippen LogP) is 4.02. The summed E-state index contributed by atoms with van der Waals surface area (Å²) >= 11 is 5.65. The number of thioether (sulfide) groups is 1. The van der Waals surface area contributed by atoms with Gasteiger partial charge in [0.1, 0.15) is 0 Å². The molecule has 16 heavy (non-hydrogen) atoms. The van der Waals surface area contributed by atoms with Gasteiger partial charge in [-0.2, -0.15) is 16.9 Å². The average molecular weight is 305 g/mol. The fourth-order valence-electron chi connectivity index (χ4n) is 1.45. The molecule has 92 valence electrons. The van der Waals surface area contributed by atoms with Crippen LogP contribution in [0.15, 0.2) is 4.47 Å². The Morgan fingerprint density at radius 2 is 2.12 bits per heavy atom. The molecule has 1 unspecified atom stereocenters. The second-order valence-electron chi connectivity index (χ2n) is 4.21. The third kappa shape index (κ3) is 3.52. The fraction of sp³-hybridized carbons (Fsp3) is 0.750. The zero-order chi connectivity index (χ0) is 12.1. The maximum Gasteiger partial charge on any atom is 0.0767 e. The lowest BCUT2D eigenvalue weighted by molar-refractivity contribution is 0.636. The molecule has 0 aliphatic heterocycles. The van der Waals surface area contributed by atoms with Crippen molar-refractivity contribution >= 4 is 27.7 Å². The van der Waals surface area contributed by atoms with Gasteiger partial charge in [-0.1, -0.05) is 27.2 Å². The number of nitrogens with zero attached hydrogens (tertiary/aromatic N) is 2. The van der Waals surface area contributed by atoms with Gasteiger partial charge in [-0.15, -0.1) is 0 Å². The summed E-state index contributed by atoms with van der Waals surface area (Å²) < 4.78 is 3.21. The summed E-state index contributed by atoms with van der Waals surface area (Å²) in [6, 6.07) is 0. The summed E-state index contributed by atoms with van der Waals surface area (Å²) in [5.74, 6) is 3.09. The van der Waals surface area contributed by atoms with Gasteiger partial charge in [0, 0.05) is 12.8 Å². The van der Waals surface area contributed by atoms with E-state index in [1.807, 2.05) is 23.5 Å². The van der Waals surface area contributed by atoms with Gasteiger partial charge in [-0.25, -0.2) is 0 Å². The molecule has 0 N–H and O–H groups in total. The maximum absolute atomic E-state index is 4.50. The Bertz CT molecular complexity index is 336. The minimum atomic E-state index is 0.808. The summed E-state index contributed by atoms with van der Waals surface area (Å²) in [4.78, 5) is 0. The van der Waals surface area contributed by atoms with Crippen LogP contribution < -0.4 is 0 Å². The topological polar surface area (TPSA) is 17.8 Å². The standard InChI is InChI=1S/C12H21BrN2S/c1-5-9(3)7-16-8-11-12(13)10(6-2)14-15(11)4/h9H,5-8H2,1-4H3. The second kappa shape index (κ2) is 6.70. The molecule has 0 spiro atoms. The van der Waals surface area contributed by atoms with Crippen LogP contribution in [0.2, 0.25) is 0 Å². The Morgan fingerprint density at radius 1 is 1.44 bits per heavy atom. The minimum Gasteiger partial charge on any atom is -0.270 e. The molecular weight excluding hydrogens is 284 g/mol. The van der Waals surface area contributed by atoms with E-state index in [1.54, 1.807) is 0 Å². The Labute approximate surface area is 111 Å². The first-order valence-electron chi connectivity index (χ1n) is 5.88. The van der Waals surface area contributed by atoms with Crippen molar-refractivity contribution in [3.63, 3.8) is 0 Å². The molecule has 0 amide bonds. The van der Waals surface area contributed by atoms with Crippen molar-refractivity contribution in [3.8, 4) is 0 Å². The molecule has 0 aliphatic carbocycles. The molecule has 1 aromatic heterocycles. The Balaban J connectivity index is 2.56. The molecule has 4 heteroatoms. The Morgan fingerprint density at radius 3 is 2.62 bits per heavy atom. The molecule has 1 aromatic rings. The third-order valence-corrected chi connectivity index (χ3v) is 5.04. The molecule has 1 rings (SSSR count). The SMILES string of the molecule is CCc1nn(C)c(CSCC(C)CC)c1Br. The molecular formula is C12H21BrN2S. The van der Waals surface area contributed by atoms with Gasteiger partial charge in [0.2, 0.25) is 0 Å². The molecule has 0 saturated heterocycles. The highest BCUT2D eigenvalue weighted by molar-refractivity contribution is 9.10. The first kappa shape index (κ1) is 14.1. The summed E-state index contributed by atoms with van der Waals surface area (Å²) in [6.45, 7) is 6.70. The molecule has 2 nitrogen and oxygen atoms in total. The zero-order valence-corrected chi connectivity index (χ0v) is 13.0. The first-order chi connectivity index (χ1) is 7.60. The molecule has 0 bridgehead atoms. The normalized spacial score (nSPS) is 13.1. The molecule has 1 atom stereocenters.